The van der Waals surface area contributed by atoms with Crippen molar-refractivity contribution in [3.8, 4) is 0 Å². The summed E-state index contributed by atoms with van der Waals surface area (Å²) in [6.45, 7) is 7.78. The second kappa shape index (κ2) is 9.81. The number of aromatic amines is 2. The van der Waals surface area contributed by atoms with Gasteiger partial charge in [-0.2, -0.15) is 0 Å². The van der Waals surface area contributed by atoms with Crippen LogP contribution in [0.15, 0.2) is 59.3 Å². The molecular weight excluding hydrogens is 574 g/mol. The Hall–Kier alpha value is -0.883. The summed E-state index contributed by atoms with van der Waals surface area (Å²) in [5.74, 6) is 6.31. The summed E-state index contributed by atoms with van der Waals surface area (Å²) in [6.07, 6.45) is 33.3. The van der Waals surface area contributed by atoms with E-state index in [1.807, 2.05) is 0 Å². The van der Waals surface area contributed by atoms with Crippen molar-refractivity contribution in [2.24, 2.45) is 35.5 Å². The summed E-state index contributed by atoms with van der Waals surface area (Å²) in [5, 5.41) is 2.98. The van der Waals surface area contributed by atoms with Crippen LogP contribution in [0.25, 0.3) is 0 Å². The van der Waals surface area contributed by atoms with Crippen LogP contribution in [-0.4, -0.2) is 34.5 Å². The number of nitrogens with one attached hydrogen (secondary N) is 2. The van der Waals surface area contributed by atoms with Gasteiger partial charge in [-0.1, -0.05) is 38.8 Å². The molecule has 11 rings (SSSR count). The molecule has 230 valence electrons. The molecule has 1 unspecified atom stereocenters. The largest absolute Gasteiger partial charge is 0.367 e. The lowest BCUT2D eigenvalue weighted by Crippen LogP contribution is -2.57. The van der Waals surface area contributed by atoms with E-state index in [2.05, 4.69) is 81.8 Å². The van der Waals surface area contributed by atoms with Gasteiger partial charge in [-0.3, -0.25) is 0 Å². The van der Waals surface area contributed by atoms with Crippen molar-refractivity contribution in [3.05, 3.63) is 70.5 Å². The third kappa shape index (κ3) is 4.43. The van der Waals surface area contributed by atoms with Gasteiger partial charge in [-0.15, -0.1) is 9.24 Å². The quantitative estimate of drug-likeness (QED) is 0.215. The van der Waals surface area contributed by atoms with E-state index in [-0.39, 0.29) is 13.1 Å². The summed E-state index contributed by atoms with van der Waals surface area (Å²) in [7, 11) is 1.92. The Labute approximate surface area is 265 Å². The highest BCUT2D eigenvalue weighted by atomic mass is 31.1. The summed E-state index contributed by atoms with van der Waals surface area (Å²) in [6, 6.07) is 4.69. The predicted molar refractivity (Wildman–Crippen MR) is 189 cm³/mol. The molecule has 0 radical (unpaired) electrons. The van der Waals surface area contributed by atoms with Gasteiger partial charge in [0.25, 0.3) is 0 Å². The van der Waals surface area contributed by atoms with Crippen LogP contribution < -0.4 is 0 Å². The zero-order valence-corrected chi connectivity index (χ0v) is 30.0. The van der Waals surface area contributed by atoms with Crippen molar-refractivity contribution in [3.63, 3.8) is 0 Å². The minimum atomic E-state index is -1.45. The predicted octanol–water partition coefficient (Wildman–Crippen LogP) is 10.4. The lowest BCUT2D eigenvalue weighted by molar-refractivity contribution is 0.0187. The van der Waals surface area contributed by atoms with Crippen LogP contribution in [0.1, 0.15) is 94.6 Å². The molecule has 9 aliphatic carbocycles. The Morgan fingerprint density at radius 2 is 1.16 bits per heavy atom. The molecule has 8 fully saturated rings. The summed E-state index contributed by atoms with van der Waals surface area (Å²) < 4.78 is 0. The highest BCUT2D eigenvalue weighted by Crippen LogP contribution is 2.79. The number of hydrogen-bond acceptors (Lipinski definition) is 0. The monoisotopic (exact) mass is 628 g/mol. The van der Waals surface area contributed by atoms with Crippen molar-refractivity contribution >= 4 is 25.2 Å². The second-order valence-corrected chi connectivity index (χ2v) is 27.1. The van der Waals surface area contributed by atoms with Gasteiger partial charge < -0.3 is 9.97 Å². The number of hydrogen-bond donors (Lipinski definition) is 2. The fourth-order valence-corrected chi connectivity index (χ4v) is 20.3. The van der Waals surface area contributed by atoms with Gasteiger partial charge in [0.1, 0.15) is 0 Å². The summed E-state index contributed by atoms with van der Waals surface area (Å²) in [4.78, 5) is 6.89. The van der Waals surface area contributed by atoms with Crippen molar-refractivity contribution in [2.45, 2.75) is 119 Å². The van der Waals surface area contributed by atoms with E-state index in [1.165, 1.54) is 23.7 Å². The van der Waals surface area contributed by atoms with Crippen molar-refractivity contribution in [1.29, 1.82) is 0 Å². The molecule has 0 aliphatic heterocycles. The number of rotatable bonds is 8. The first-order chi connectivity index (χ1) is 20.6. The number of H-pyrrole nitrogens is 2. The molecular formula is C38H54N2P2Si. The fraction of sp³-hybridized carbons (Fsp3) is 0.684. The van der Waals surface area contributed by atoms with Crippen molar-refractivity contribution in [2.75, 3.05) is 6.16 Å². The van der Waals surface area contributed by atoms with Gasteiger partial charge in [0.15, 0.2) is 0 Å². The topological polar surface area (TPSA) is 31.6 Å². The summed E-state index contributed by atoms with van der Waals surface area (Å²) >= 11 is 0. The van der Waals surface area contributed by atoms with Gasteiger partial charge in [-0.25, -0.2) is 0 Å². The van der Waals surface area contributed by atoms with Gasteiger partial charge in [0.05, 0.1) is 13.2 Å². The maximum atomic E-state index is 3.45. The molecule has 0 aromatic carbocycles. The van der Waals surface area contributed by atoms with Crippen LogP contribution in [0.3, 0.4) is 0 Å². The molecule has 0 amide bonds. The summed E-state index contributed by atoms with van der Waals surface area (Å²) in [5.41, 5.74) is 6.32. The maximum Gasteiger partial charge on any atom is 0.0728 e. The molecule has 8 bridgehead atoms. The fourth-order valence-electron chi connectivity index (χ4n) is 13.1. The SMILES string of the molecule is C[Si](C)(C)C1=CC(CP(C23CC4CC(CC(C4)C2)C3)C23CC4CC(CC(C4)C2)C3)=C(C(P)(c2cc[nH]c2)c2cc[nH]c2)C1. The van der Waals surface area contributed by atoms with Crippen LogP contribution in [0.5, 0.6) is 0 Å². The van der Waals surface area contributed by atoms with Gasteiger partial charge in [0, 0.05) is 24.8 Å². The highest BCUT2D eigenvalue weighted by molar-refractivity contribution is 7.61. The molecule has 9 aliphatic rings. The lowest BCUT2D eigenvalue weighted by Gasteiger charge is -2.67. The molecule has 43 heavy (non-hydrogen) atoms. The third-order valence-corrected chi connectivity index (χ3v) is 21.4. The van der Waals surface area contributed by atoms with E-state index in [0.717, 1.165) is 35.5 Å². The van der Waals surface area contributed by atoms with Gasteiger partial charge in [0.2, 0.25) is 0 Å². The zero-order chi connectivity index (χ0) is 29.2. The average Bonchev–Trinajstić information content (AvgIpc) is 3.72. The lowest BCUT2D eigenvalue weighted by atomic mass is 9.55. The first-order valence-corrected chi connectivity index (χ1v) is 23.5. The van der Waals surface area contributed by atoms with Crippen LogP contribution in [0, 0.1) is 35.5 Å². The average molecular weight is 629 g/mol. The first kappa shape index (κ1) is 28.3. The number of aromatic nitrogens is 2. The van der Waals surface area contributed by atoms with Crippen LogP contribution in [-0.2, 0) is 5.16 Å². The van der Waals surface area contributed by atoms with Crippen molar-refractivity contribution in [1.82, 2.24) is 9.97 Å². The first-order valence-electron chi connectivity index (χ1n) is 17.9. The Morgan fingerprint density at radius 3 is 1.51 bits per heavy atom. The van der Waals surface area contributed by atoms with Crippen LogP contribution in [0.2, 0.25) is 19.6 Å². The molecule has 5 heteroatoms. The molecule has 2 N–H and O–H groups in total. The number of allylic oxidation sites excluding steroid dienone is 4. The normalized spacial score (nSPS) is 40.5. The maximum absolute atomic E-state index is 3.45. The molecule has 0 saturated heterocycles. The standard InChI is InChI=1S/C38H54N2P2Si/c1-43(2,3)34-14-31(35(15-34)38(41,32-4-6-39-22-32)33-5-7-40-23-33)24-42(36-16-25-8-26(17-36)10-27(9-25)18-36)37-19-28-11-29(20-37)13-30(12-28)21-37/h4-7,14,22-23,25-30,39-40H,8-13,15-21,24,41H2,1-3H3. The molecule has 8 saturated carbocycles. The molecule has 2 nitrogen and oxygen atoms in total. The van der Waals surface area contributed by atoms with E-state index >= 15 is 0 Å². The Bertz CT molecular complexity index is 1290. The smallest absolute Gasteiger partial charge is 0.0728 e. The van der Waals surface area contributed by atoms with E-state index in [1.54, 1.807) is 93.4 Å². The molecule has 2 aromatic heterocycles. The van der Waals surface area contributed by atoms with Crippen molar-refractivity contribution < 1.29 is 0 Å². The minimum Gasteiger partial charge on any atom is -0.367 e. The van der Waals surface area contributed by atoms with E-state index in [0.29, 0.717) is 10.3 Å². The van der Waals surface area contributed by atoms with Gasteiger partial charge >= 0.3 is 0 Å². The second-order valence-electron chi connectivity index (χ2n) is 18.0. The third-order valence-electron chi connectivity index (χ3n) is 14.1. The molecule has 0 spiro atoms. The van der Waals surface area contributed by atoms with Crippen LogP contribution >= 0.6 is 17.2 Å². The molecule has 1 atom stereocenters. The Balaban J connectivity index is 1.20. The Kier molecular flexibility index (Phi) is 6.47. The highest BCUT2D eigenvalue weighted by Gasteiger charge is 2.62. The van der Waals surface area contributed by atoms with E-state index in [9.17, 15) is 0 Å². The van der Waals surface area contributed by atoms with Gasteiger partial charge in [-0.05, 0) is 170 Å². The Morgan fingerprint density at radius 1 is 0.744 bits per heavy atom. The zero-order valence-electron chi connectivity index (χ0n) is 26.9. The van der Waals surface area contributed by atoms with E-state index in [4.69, 9.17) is 0 Å². The van der Waals surface area contributed by atoms with E-state index < -0.39 is 8.07 Å². The van der Waals surface area contributed by atoms with Crippen LogP contribution in [0.4, 0.5) is 0 Å². The molecule has 2 heterocycles. The minimum absolute atomic E-state index is 0.0754. The molecule has 2 aromatic rings.